The minimum absolute atomic E-state index is 0.201. The lowest BCUT2D eigenvalue weighted by Gasteiger charge is -2.13. The highest BCUT2D eigenvalue weighted by molar-refractivity contribution is 7.98. The van der Waals surface area contributed by atoms with Gasteiger partial charge in [-0.1, -0.05) is 38.8 Å². The van der Waals surface area contributed by atoms with Crippen molar-refractivity contribution >= 4 is 17.5 Å². The molecular formula is C15H22OS. The number of carbonyl (C=O) groups is 1. The molecule has 0 bridgehead atoms. The number of Topliss-reactive ketones (excluding diaryl/α,β-unsaturated/α-hetero) is 1. The van der Waals surface area contributed by atoms with Gasteiger partial charge in [0.15, 0.2) is 5.78 Å². The maximum atomic E-state index is 12.3. The Morgan fingerprint density at radius 1 is 1.35 bits per heavy atom. The van der Waals surface area contributed by atoms with E-state index in [4.69, 9.17) is 0 Å². The average Bonchev–Trinajstić information content (AvgIpc) is 2.39. The van der Waals surface area contributed by atoms with Crippen LogP contribution < -0.4 is 0 Å². The Kier molecular flexibility index (Phi) is 6.35. The number of carbonyl (C=O) groups excluding carboxylic acids is 1. The molecule has 1 unspecified atom stereocenters. The SMILES string of the molecule is CCCCC(CC)C(=O)c1cccc(SC)c1. The summed E-state index contributed by atoms with van der Waals surface area (Å²) < 4.78 is 0. The van der Waals surface area contributed by atoms with Crippen LogP contribution in [0.15, 0.2) is 29.2 Å². The fraction of sp³-hybridized carbons (Fsp3) is 0.533. The summed E-state index contributed by atoms with van der Waals surface area (Å²) in [7, 11) is 0. The molecule has 0 aliphatic carbocycles. The van der Waals surface area contributed by atoms with Gasteiger partial charge in [-0.2, -0.15) is 0 Å². The molecule has 17 heavy (non-hydrogen) atoms. The van der Waals surface area contributed by atoms with Crippen LogP contribution in [-0.4, -0.2) is 12.0 Å². The highest BCUT2D eigenvalue weighted by atomic mass is 32.2. The third kappa shape index (κ3) is 4.19. The van der Waals surface area contributed by atoms with Crippen LogP contribution in [0.1, 0.15) is 49.9 Å². The van der Waals surface area contributed by atoms with Gasteiger partial charge in [0.05, 0.1) is 0 Å². The fourth-order valence-electron chi connectivity index (χ4n) is 1.98. The monoisotopic (exact) mass is 250 g/mol. The first kappa shape index (κ1) is 14.3. The Hall–Kier alpha value is -0.760. The summed E-state index contributed by atoms with van der Waals surface area (Å²) in [5, 5.41) is 0. The standard InChI is InChI=1S/C15H22OS/c1-4-6-8-12(5-2)15(16)13-9-7-10-14(11-13)17-3/h7,9-12H,4-6,8H2,1-3H3. The lowest BCUT2D eigenvalue weighted by atomic mass is 9.91. The van der Waals surface area contributed by atoms with E-state index in [-0.39, 0.29) is 5.92 Å². The first-order valence-corrected chi connectivity index (χ1v) is 7.63. The van der Waals surface area contributed by atoms with Gasteiger partial charge in [0.25, 0.3) is 0 Å². The molecular weight excluding hydrogens is 228 g/mol. The van der Waals surface area contributed by atoms with Gasteiger partial charge in [-0.25, -0.2) is 0 Å². The second-order valence-electron chi connectivity index (χ2n) is 4.34. The topological polar surface area (TPSA) is 17.1 Å². The average molecular weight is 250 g/mol. The van der Waals surface area contributed by atoms with Crippen LogP contribution >= 0.6 is 11.8 Å². The molecule has 0 saturated heterocycles. The molecule has 0 heterocycles. The van der Waals surface area contributed by atoms with Gasteiger partial charge in [0.2, 0.25) is 0 Å². The van der Waals surface area contributed by atoms with Crippen molar-refractivity contribution in [3.05, 3.63) is 29.8 Å². The van der Waals surface area contributed by atoms with Crippen molar-refractivity contribution in [2.75, 3.05) is 6.26 Å². The molecule has 94 valence electrons. The number of ketones is 1. The van der Waals surface area contributed by atoms with Gasteiger partial charge in [-0.3, -0.25) is 4.79 Å². The van der Waals surface area contributed by atoms with Crippen molar-refractivity contribution in [2.24, 2.45) is 5.92 Å². The number of thioether (sulfide) groups is 1. The third-order valence-electron chi connectivity index (χ3n) is 3.12. The highest BCUT2D eigenvalue weighted by Crippen LogP contribution is 2.22. The molecule has 0 N–H and O–H groups in total. The van der Waals surface area contributed by atoms with Crippen LogP contribution in [0.2, 0.25) is 0 Å². The van der Waals surface area contributed by atoms with Crippen LogP contribution in [0.3, 0.4) is 0 Å². The summed E-state index contributed by atoms with van der Waals surface area (Å²) in [4.78, 5) is 13.5. The number of hydrogen-bond acceptors (Lipinski definition) is 2. The van der Waals surface area contributed by atoms with E-state index in [0.717, 1.165) is 31.2 Å². The van der Waals surface area contributed by atoms with Crippen molar-refractivity contribution < 1.29 is 4.79 Å². The number of benzene rings is 1. The summed E-state index contributed by atoms with van der Waals surface area (Å²) in [6.07, 6.45) is 6.32. The fourth-order valence-corrected chi connectivity index (χ4v) is 2.44. The minimum atomic E-state index is 0.201. The molecule has 0 spiro atoms. The van der Waals surface area contributed by atoms with E-state index in [9.17, 15) is 4.79 Å². The molecule has 1 atom stereocenters. The molecule has 0 saturated carbocycles. The Balaban J connectivity index is 2.78. The Morgan fingerprint density at radius 3 is 2.71 bits per heavy atom. The van der Waals surface area contributed by atoms with E-state index in [1.165, 1.54) is 4.90 Å². The summed E-state index contributed by atoms with van der Waals surface area (Å²) in [6.45, 7) is 4.28. The quantitative estimate of drug-likeness (QED) is 0.510. The summed E-state index contributed by atoms with van der Waals surface area (Å²) >= 11 is 1.69. The predicted molar refractivity (Wildman–Crippen MR) is 75.9 cm³/mol. The molecule has 0 aliphatic rings. The Bertz CT molecular complexity index is 360. The van der Waals surface area contributed by atoms with Crippen molar-refractivity contribution in [3.63, 3.8) is 0 Å². The first-order chi connectivity index (χ1) is 8.22. The van der Waals surface area contributed by atoms with Crippen LogP contribution in [0.4, 0.5) is 0 Å². The van der Waals surface area contributed by atoms with Crippen molar-refractivity contribution in [1.82, 2.24) is 0 Å². The van der Waals surface area contributed by atoms with E-state index in [0.29, 0.717) is 5.78 Å². The predicted octanol–water partition coefficient (Wildman–Crippen LogP) is 4.81. The molecule has 2 heteroatoms. The zero-order valence-electron chi connectivity index (χ0n) is 11.0. The number of unbranched alkanes of at least 4 members (excludes halogenated alkanes) is 1. The molecule has 0 amide bonds. The first-order valence-electron chi connectivity index (χ1n) is 6.41. The second kappa shape index (κ2) is 7.54. The molecule has 1 aromatic rings. The molecule has 0 aromatic heterocycles. The van der Waals surface area contributed by atoms with Crippen LogP contribution in [0.25, 0.3) is 0 Å². The molecule has 1 rings (SSSR count). The minimum Gasteiger partial charge on any atom is -0.294 e. The highest BCUT2D eigenvalue weighted by Gasteiger charge is 2.17. The van der Waals surface area contributed by atoms with E-state index < -0.39 is 0 Å². The lowest BCUT2D eigenvalue weighted by molar-refractivity contribution is 0.0908. The van der Waals surface area contributed by atoms with Gasteiger partial charge in [0, 0.05) is 16.4 Å². The summed E-state index contributed by atoms with van der Waals surface area (Å²) in [5.74, 6) is 0.518. The second-order valence-corrected chi connectivity index (χ2v) is 5.22. The largest absolute Gasteiger partial charge is 0.294 e. The van der Waals surface area contributed by atoms with E-state index in [1.807, 2.05) is 24.5 Å². The maximum Gasteiger partial charge on any atom is 0.165 e. The normalized spacial score (nSPS) is 12.4. The smallest absolute Gasteiger partial charge is 0.165 e. The van der Waals surface area contributed by atoms with Crippen LogP contribution in [0.5, 0.6) is 0 Å². The maximum absolute atomic E-state index is 12.3. The third-order valence-corrected chi connectivity index (χ3v) is 3.85. The molecule has 0 aliphatic heterocycles. The molecule has 1 nitrogen and oxygen atoms in total. The molecule has 1 aromatic carbocycles. The van der Waals surface area contributed by atoms with Gasteiger partial charge in [-0.15, -0.1) is 11.8 Å². The van der Waals surface area contributed by atoms with Gasteiger partial charge >= 0.3 is 0 Å². The van der Waals surface area contributed by atoms with E-state index in [1.54, 1.807) is 11.8 Å². The lowest BCUT2D eigenvalue weighted by Crippen LogP contribution is -2.14. The van der Waals surface area contributed by atoms with Crippen molar-refractivity contribution in [2.45, 2.75) is 44.4 Å². The van der Waals surface area contributed by atoms with E-state index in [2.05, 4.69) is 19.9 Å². The van der Waals surface area contributed by atoms with Gasteiger partial charge in [-0.05, 0) is 31.2 Å². The zero-order chi connectivity index (χ0) is 12.7. The van der Waals surface area contributed by atoms with Crippen molar-refractivity contribution in [3.8, 4) is 0 Å². The Morgan fingerprint density at radius 2 is 2.12 bits per heavy atom. The van der Waals surface area contributed by atoms with Crippen molar-refractivity contribution in [1.29, 1.82) is 0 Å². The zero-order valence-corrected chi connectivity index (χ0v) is 11.8. The van der Waals surface area contributed by atoms with Crippen LogP contribution in [0, 0.1) is 5.92 Å². The van der Waals surface area contributed by atoms with Gasteiger partial charge in [0.1, 0.15) is 0 Å². The molecule has 0 radical (unpaired) electrons. The van der Waals surface area contributed by atoms with E-state index >= 15 is 0 Å². The summed E-state index contributed by atoms with van der Waals surface area (Å²) in [5.41, 5.74) is 0.875. The van der Waals surface area contributed by atoms with Gasteiger partial charge < -0.3 is 0 Å². The number of hydrogen-bond donors (Lipinski definition) is 0. The number of rotatable bonds is 7. The van der Waals surface area contributed by atoms with Crippen LogP contribution in [-0.2, 0) is 0 Å². The summed E-state index contributed by atoms with van der Waals surface area (Å²) in [6, 6.07) is 7.98. The Labute approximate surface area is 109 Å². The molecule has 0 fully saturated rings.